The van der Waals surface area contributed by atoms with Gasteiger partial charge in [0.1, 0.15) is 0 Å². The number of rotatable bonds is 7. The first-order valence-corrected chi connectivity index (χ1v) is 6.09. The van der Waals surface area contributed by atoms with E-state index in [9.17, 15) is 9.59 Å². The van der Waals surface area contributed by atoms with Crippen LogP contribution in [0.15, 0.2) is 23.9 Å². The Labute approximate surface area is 108 Å². The Balaban J connectivity index is 4.05. The number of hydrogen-bond donors (Lipinski definition) is 1. The minimum atomic E-state index is -0.348. The zero-order valence-electron chi connectivity index (χ0n) is 11.6. The van der Waals surface area contributed by atoms with Crippen molar-refractivity contribution in [3.05, 3.63) is 23.9 Å². The number of allylic oxidation sites excluding steroid dienone is 2. The molecule has 102 valence electrons. The van der Waals surface area contributed by atoms with Crippen molar-refractivity contribution >= 4 is 11.9 Å². The van der Waals surface area contributed by atoms with Crippen molar-refractivity contribution in [3.8, 4) is 0 Å². The van der Waals surface area contributed by atoms with Crippen LogP contribution in [0.1, 0.15) is 20.8 Å². The summed E-state index contributed by atoms with van der Waals surface area (Å²) in [6.07, 6.45) is 5.14. The van der Waals surface area contributed by atoms with Crippen molar-refractivity contribution in [2.45, 2.75) is 20.8 Å². The highest BCUT2D eigenvalue weighted by Crippen LogP contribution is 1.94. The topological polar surface area (TPSA) is 63.2 Å². The van der Waals surface area contributed by atoms with Gasteiger partial charge in [0.25, 0.3) is 5.91 Å². The summed E-state index contributed by atoms with van der Waals surface area (Å²) in [6.45, 7) is 7.43. The second-order valence-electron chi connectivity index (χ2n) is 3.73. The van der Waals surface area contributed by atoms with Gasteiger partial charge in [-0.2, -0.15) is 0 Å². The highest BCUT2D eigenvalue weighted by molar-refractivity contribution is 5.87. The number of carbonyl (C=O) groups is 2. The van der Waals surface area contributed by atoms with Gasteiger partial charge in [0, 0.05) is 18.7 Å². The SMILES string of the molecule is CCN(CC)C(=O)C[NH2+]/C=C\C=C(/C)C(=O)OC. The van der Waals surface area contributed by atoms with Gasteiger partial charge in [-0.15, -0.1) is 0 Å². The summed E-state index contributed by atoms with van der Waals surface area (Å²) in [6, 6.07) is 0. The lowest BCUT2D eigenvalue weighted by Gasteiger charge is -2.16. The van der Waals surface area contributed by atoms with Crippen LogP contribution in [-0.4, -0.2) is 43.5 Å². The van der Waals surface area contributed by atoms with Crippen LogP contribution in [0.3, 0.4) is 0 Å². The van der Waals surface area contributed by atoms with Crippen molar-refractivity contribution in [1.82, 2.24) is 4.90 Å². The first-order valence-electron chi connectivity index (χ1n) is 6.09. The molecule has 0 radical (unpaired) electrons. The molecule has 18 heavy (non-hydrogen) atoms. The normalized spacial score (nSPS) is 11.7. The second kappa shape index (κ2) is 9.41. The number of quaternary nitrogens is 1. The molecular weight excluding hydrogens is 232 g/mol. The molecule has 0 aliphatic carbocycles. The quantitative estimate of drug-likeness (QED) is 0.397. The zero-order chi connectivity index (χ0) is 14.0. The van der Waals surface area contributed by atoms with Gasteiger partial charge in [0.05, 0.1) is 13.3 Å². The van der Waals surface area contributed by atoms with Crippen LogP contribution in [0, 0.1) is 0 Å². The Bertz CT molecular complexity index is 331. The number of nitrogens with two attached hydrogens (primary N) is 1. The van der Waals surface area contributed by atoms with Gasteiger partial charge in [-0.05, 0) is 32.9 Å². The lowest BCUT2D eigenvalue weighted by Crippen LogP contribution is -2.81. The van der Waals surface area contributed by atoms with E-state index in [-0.39, 0.29) is 11.9 Å². The summed E-state index contributed by atoms with van der Waals surface area (Å²) < 4.78 is 4.56. The molecule has 5 heteroatoms. The Morgan fingerprint density at radius 1 is 1.28 bits per heavy atom. The van der Waals surface area contributed by atoms with Crippen LogP contribution < -0.4 is 5.32 Å². The summed E-state index contributed by atoms with van der Waals surface area (Å²) in [7, 11) is 1.35. The number of esters is 1. The largest absolute Gasteiger partial charge is 0.466 e. The molecule has 0 aliphatic rings. The highest BCUT2D eigenvalue weighted by atomic mass is 16.5. The summed E-state index contributed by atoms with van der Waals surface area (Å²) in [5, 5.41) is 1.78. The fourth-order valence-electron chi connectivity index (χ4n) is 1.38. The van der Waals surface area contributed by atoms with Gasteiger partial charge in [-0.25, -0.2) is 4.79 Å². The fraction of sp³-hybridized carbons (Fsp3) is 0.538. The Kier molecular flexibility index (Phi) is 8.57. The van der Waals surface area contributed by atoms with Crippen molar-refractivity contribution < 1.29 is 19.6 Å². The summed E-state index contributed by atoms with van der Waals surface area (Å²) in [5.74, 6) is -0.239. The number of methoxy groups -OCH3 is 1. The molecule has 5 nitrogen and oxygen atoms in total. The Hall–Kier alpha value is -1.62. The molecule has 0 aromatic carbocycles. The number of carbonyl (C=O) groups excluding carboxylic acids is 2. The highest BCUT2D eigenvalue weighted by Gasteiger charge is 2.09. The van der Waals surface area contributed by atoms with Crippen LogP contribution in [0.25, 0.3) is 0 Å². The predicted molar refractivity (Wildman–Crippen MR) is 69.6 cm³/mol. The number of nitrogens with zero attached hydrogens (tertiary/aromatic N) is 1. The summed E-state index contributed by atoms with van der Waals surface area (Å²) in [4.78, 5) is 24.5. The average molecular weight is 255 g/mol. The third kappa shape index (κ3) is 6.20. The van der Waals surface area contributed by atoms with Crippen LogP contribution in [0.5, 0.6) is 0 Å². The number of amides is 1. The monoisotopic (exact) mass is 255 g/mol. The molecule has 0 saturated carbocycles. The van der Waals surface area contributed by atoms with E-state index in [0.29, 0.717) is 12.1 Å². The molecule has 0 atom stereocenters. The molecular formula is C13H23N2O3+. The van der Waals surface area contributed by atoms with Crippen molar-refractivity contribution in [1.29, 1.82) is 0 Å². The minimum Gasteiger partial charge on any atom is -0.466 e. The van der Waals surface area contributed by atoms with Crippen molar-refractivity contribution in [2.24, 2.45) is 0 Å². The van der Waals surface area contributed by atoms with E-state index in [1.165, 1.54) is 7.11 Å². The van der Waals surface area contributed by atoms with Gasteiger partial charge in [0.15, 0.2) is 6.54 Å². The molecule has 0 saturated heterocycles. The zero-order valence-corrected chi connectivity index (χ0v) is 11.6. The number of hydrogen-bond acceptors (Lipinski definition) is 3. The van der Waals surface area contributed by atoms with Crippen molar-refractivity contribution in [2.75, 3.05) is 26.7 Å². The first kappa shape index (κ1) is 16.4. The van der Waals surface area contributed by atoms with E-state index >= 15 is 0 Å². The maximum absolute atomic E-state index is 11.6. The van der Waals surface area contributed by atoms with E-state index in [1.54, 1.807) is 35.5 Å². The molecule has 0 rings (SSSR count). The maximum Gasteiger partial charge on any atom is 0.333 e. The average Bonchev–Trinajstić information content (AvgIpc) is 2.38. The standard InChI is InChI=1S/C13H22N2O3/c1-5-15(6-2)12(16)10-14-9-7-8-11(3)13(17)18-4/h7-9,14H,5-6,10H2,1-4H3/p+1/b9-7-,11-8+. The Morgan fingerprint density at radius 3 is 2.39 bits per heavy atom. The van der Waals surface area contributed by atoms with Crippen LogP contribution in [0.2, 0.25) is 0 Å². The van der Waals surface area contributed by atoms with Gasteiger partial charge in [-0.1, -0.05) is 0 Å². The van der Waals surface area contributed by atoms with E-state index in [4.69, 9.17) is 0 Å². The molecule has 0 aromatic heterocycles. The van der Waals surface area contributed by atoms with E-state index in [2.05, 4.69) is 4.74 Å². The minimum absolute atomic E-state index is 0.110. The third-order valence-corrected chi connectivity index (χ3v) is 2.51. The molecule has 0 fully saturated rings. The lowest BCUT2D eigenvalue weighted by atomic mass is 10.3. The second-order valence-corrected chi connectivity index (χ2v) is 3.73. The first-order chi connectivity index (χ1) is 8.56. The van der Waals surface area contributed by atoms with E-state index in [0.717, 1.165) is 13.1 Å². The molecule has 0 bridgehead atoms. The van der Waals surface area contributed by atoms with Gasteiger partial charge < -0.3 is 15.0 Å². The molecule has 0 spiro atoms. The van der Waals surface area contributed by atoms with Crippen LogP contribution >= 0.6 is 0 Å². The van der Waals surface area contributed by atoms with Crippen LogP contribution in [0.4, 0.5) is 0 Å². The molecule has 0 aromatic rings. The van der Waals surface area contributed by atoms with Gasteiger partial charge >= 0.3 is 5.97 Å². The van der Waals surface area contributed by atoms with Gasteiger partial charge in [-0.3, -0.25) is 4.79 Å². The third-order valence-electron chi connectivity index (χ3n) is 2.51. The maximum atomic E-state index is 11.6. The summed E-state index contributed by atoms with van der Waals surface area (Å²) in [5.41, 5.74) is 0.525. The molecule has 0 heterocycles. The van der Waals surface area contributed by atoms with E-state index < -0.39 is 0 Å². The van der Waals surface area contributed by atoms with Crippen molar-refractivity contribution in [3.63, 3.8) is 0 Å². The van der Waals surface area contributed by atoms with Gasteiger partial charge in [0.2, 0.25) is 0 Å². The molecule has 0 unspecified atom stereocenters. The Morgan fingerprint density at radius 2 is 1.89 bits per heavy atom. The number of likely N-dealkylation sites (N-methyl/N-ethyl adjacent to an activating group) is 1. The molecule has 1 amide bonds. The van der Waals surface area contributed by atoms with E-state index in [1.807, 2.05) is 13.8 Å². The molecule has 0 aliphatic heterocycles. The van der Waals surface area contributed by atoms with Crippen LogP contribution in [-0.2, 0) is 14.3 Å². The lowest BCUT2D eigenvalue weighted by molar-refractivity contribution is -0.576. The molecule has 2 N–H and O–H groups in total. The summed E-state index contributed by atoms with van der Waals surface area (Å²) >= 11 is 0. The fourth-order valence-corrected chi connectivity index (χ4v) is 1.38. The smallest absolute Gasteiger partial charge is 0.333 e. The predicted octanol–water partition coefficient (Wildman–Crippen LogP) is 0.0512. The number of ether oxygens (including phenoxy) is 1.